The highest BCUT2D eigenvalue weighted by atomic mass is 35.5. The van der Waals surface area contributed by atoms with E-state index in [1.165, 1.54) is 12.1 Å². The van der Waals surface area contributed by atoms with Crippen LogP contribution in [0.3, 0.4) is 0 Å². The van der Waals surface area contributed by atoms with Crippen LogP contribution in [-0.4, -0.2) is 57.8 Å². The molecule has 30 heavy (non-hydrogen) atoms. The number of halogens is 2. The van der Waals surface area contributed by atoms with Gasteiger partial charge in [-0.2, -0.15) is 0 Å². The molecule has 2 aromatic carbocycles. The molecule has 1 heterocycles. The highest BCUT2D eigenvalue weighted by Crippen LogP contribution is 2.23. The Morgan fingerprint density at radius 2 is 1.83 bits per heavy atom. The number of nitrogens with one attached hydrogen (secondary N) is 1. The van der Waals surface area contributed by atoms with Crippen LogP contribution in [0.5, 0.6) is 0 Å². The number of rotatable bonds is 7. The first-order valence-corrected chi connectivity index (χ1v) is 12.2. The van der Waals surface area contributed by atoms with Crippen molar-refractivity contribution in [1.29, 1.82) is 0 Å². The fourth-order valence-corrected chi connectivity index (χ4v) is 4.22. The van der Waals surface area contributed by atoms with Gasteiger partial charge in [-0.15, -0.1) is 0 Å². The quantitative estimate of drug-likeness (QED) is 0.672. The molecule has 9 heteroatoms. The highest BCUT2D eigenvalue weighted by Gasteiger charge is 2.21. The van der Waals surface area contributed by atoms with Gasteiger partial charge in [0.15, 0.2) is 9.84 Å². The summed E-state index contributed by atoms with van der Waals surface area (Å²) in [5.41, 5.74) is 1.83. The molecular weight excluding hydrogens is 447 g/mol. The van der Waals surface area contributed by atoms with Crippen LogP contribution < -0.4 is 5.32 Å². The lowest BCUT2D eigenvalue weighted by molar-refractivity contribution is -0.121. The lowest BCUT2D eigenvalue weighted by Crippen LogP contribution is -2.47. The second-order valence-corrected chi connectivity index (χ2v) is 10.2. The van der Waals surface area contributed by atoms with Crippen molar-refractivity contribution in [3.05, 3.63) is 63.6 Å². The minimum absolute atomic E-state index is 0.0990. The van der Waals surface area contributed by atoms with Gasteiger partial charge in [0.05, 0.1) is 34.1 Å². The average molecular weight is 471 g/mol. The number of hydrogen-bond acceptors (Lipinski definition) is 5. The van der Waals surface area contributed by atoms with E-state index in [1.807, 2.05) is 12.1 Å². The fraction of sp³-hybridized carbons (Fsp3) is 0.381. The maximum atomic E-state index is 12.3. The smallest absolute Gasteiger partial charge is 0.224 e. The molecule has 0 saturated carbocycles. The first kappa shape index (κ1) is 23.0. The standard InChI is InChI=1S/C21H24Cl2N2O4S/c1-30(27,28)18-5-2-15(3-6-18)11-21(26)24-12-17-14-25(8-9-29-17)13-16-4-7-19(22)20(23)10-16/h2-7,10,17H,8-9,11-14H2,1H3,(H,24,26). The van der Waals surface area contributed by atoms with E-state index in [9.17, 15) is 13.2 Å². The van der Waals surface area contributed by atoms with Crippen LogP contribution in [0, 0.1) is 0 Å². The minimum atomic E-state index is -3.24. The van der Waals surface area contributed by atoms with Crippen LogP contribution in [-0.2, 0) is 32.3 Å². The molecule has 0 aromatic heterocycles. The number of amides is 1. The van der Waals surface area contributed by atoms with Gasteiger partial charge >= 0.3 is 0 Å². The van der Waals surface area contributed by atoms with Crippen LogP contribution in [0.25, 0.3) is 0 Å². The third-order valence-corrected chi connectivity index (χ3v) is 6.72. The van der Waals surface area contributed by atoms with Gasteiger partial charge in [0.2, 0.25) is 5.91 Å². The number of benzene rings is 2. The zero-order valence-corrected chi connectivity index (χ0v) is 18.9. The molecule has 0 radical (unpaired) electrons. The molecule has 162 valence electrons. The number of morpholine rings is 1. The van der Waals surface area contributed by atoms with E-state index in [1.54, 1.807) is 18.2 Å². The summed E-state index contributed by atoms with van der Waals surface area (Å²) in [6, 6.07) is 12.0. The summed E-state index contributed by atoms with van der Waals surface area (Å²) in [5.74, 6) is -0.132. The number of carbonyl (C=O) groups excluding carboxylic acids is 1. The minimum Gasteiger partial charge on any atom is -0.374 e. The summed E-state index contributed by atoms with van der Waals surface area (Å²) in [7, 11) is -3.24. The van der Waals surface area contributed by atoms with Gasteiger partial charge in [-0.1, -0.05) is 41.4 Å². The number of sulfone groups is 1. The van der Waals surface area contributed by atoms with Crippen molar-refractivity contribution in [2.45, 2.75) is 24.0 Å². The number of carbonyl (C=O) groups is 1. The number of nitrogens with zero attached hydrogens (tertiary/aromatic N) is 1. The van der Waals surface area contributed by atoms with Crippen LogP contribution in [0.4, 0.5) is 0 Å². The highest BCUT2D eigenvalue weighted by molar-refractivity contribution is 7.90. The summed E-state index contributed by atoms with van der Waals surface area (Å²) in [6.45, 7) is 3.24. The lowest BCUT2D eigenvalue weighted by Gasteiger charge is -2.33. The molecule has 0 bridgehead atoms. The molecule has 1 N–H and O–H groups in total. The largest absolute Gasteiger partial charge is 0.374 e. The van der Waals surface area contributed by atoms with E-state index >= 15 is 0 Å². The summed E-state index contributed by atoms with van der Waals surface area (Å²) in [4.78, 5) is 14.7. The Labute approximate surface area is 187 Å². The second-order valence-electron chi connectivity index (χ2n) is 7.37. The van der Waals surface area contributed by atoms with Gasteiger partial charge in [0.25, 0.3) is 0 Å². The SMILES string of the molecule is CS(=O)(=O)c1ccc(CC(=O)NCC2CN(Cc3ccc(Cl)c(Cl)c3)CCO2)cc1. The Hall–Kier alpha value is -1.64. The van der Waals surface area contributed by atoms with Crippen LogP contribution in [0.2, 0.25) is 10.0 Å². The van der Waals surface area contributed by atoms with Crippen molar-refractivity contribution in [3.8, 4) is 0 Å². The molecule has 1 aliphatic rings. The molecule has 3 rings (SSSR count). The van der Waals surface area contributed by atoms with Crippen molar-refractivity contribution in [3.63, 3.8) is 0 Å². The Morgan fingerprint density at radius 1 is 1.13 bits per heavy atom. The first-order valence-electron chi connectivity index (χ1n) is 9.54. The normalized spacial score (nSPS) is 17.6. The summed E-state index contributed by atoms with van der Waals surface area (Å²) in [6.07, 6.45) is 1.24. The Bertz CT molecular complexity index is 997. The Kier molecular flexibility index (Phi) is 7.76. The average Bonchev–Trinajstić information content (AvgIpc) is 2.69. The monoisotopic (exact) mass is 470 g/mol. The van der Waals surface area contributed by atoms with E-state index in [-0.39, 0.29) is 23.3 Å². The van der Waals surface area contributed by atoms with Gasteiger partial charge in [0.1, 0.15) is 0 Å². The van der Waals surface area contributed by atoms with E-state index in [0.29, 0.717) is 29.7 Å². The molecule has 0 spiro atoms. The molecule has 6 nitrogen and oxygen atoms in total. The van der Waals surface area contributed by atoms with Gasteiger partial charge < -0.3 is 10.1 Å². The van der Waals surface area contributed by atoms with Gasteiger partial charge in [-0.3, -0.25) is 9.69 Å². The molecule has 1 amide bonds. The Balaban J connectivity index is 1.46. The summed E-state index contributed by atoms with van der Waals surface area (Å²) >= 11 is 12.1. The molecule has 1 atom stereocenters. The van der Waals surface area contributed by atoms with Crippen molar-refractivity contribution >= 4 is 38.9 Å². The predicted octanol–water partition coefficient (Wildman–Crippen LogP) is 2.96. The lowest BCUT2D eigenvalue weighted by atomic mass is 10.1. The van der Waals surface area contributed by atoms with E-state index in [2.05, 4.69) is 10.2 Å². The molecule has 2 aromatic rings. The van der Waals surface area contributed by atoms with Crippen molar-refractivity contribution in [2.24, 2.45) is 0 Å². The van der Waals surface area contributed by atoms with Gasteiger partial charge in [-0.25, -0.2) is 8.42 Å². The van der Waals surface area contributed by atoms with Crippen molar-refractivity contribution in [1.82, 2.24) is 10.2 Å². The predicted molar refractivity (Wildman–Crippen MR) is 118 cm³/mol. The maximum Gasteiger partial charge on any atom is 0.224 e. The zero-order valence-electron chi connectivity index (χ0n) is 16.6. The van der Waals surface area contributed by atoms with Crippen molar-refractivity contribution in [2.75, 3.05) is 32.5 Å². The zero-order chi connectivity index (χ0) is 21.7. The van der Waals surface area contributed by atoms with Gasteiger partial charge in [0, 0.05) is 32.4 Å². The molecule has 1 unspecified atom stereocenters. The number of ether oxygens (including phenoxy) is 1. The third kappa shape index (κ3) is 6.68. The van der Waals surface area contributed by atoms with Crippen LogP contribution in [0.15, 0.2) is 47.4 Å². The molecule has 1 saturated heterocycles. The van der Waals surface area contributed by atoms with E-state index in [0.717, 1.165) is 30.5 Å². The molecular formula is C21H24Cl2N2O4S. The second kappa shape index (κ2) is 10.1. The maximum absolute atomic E-state index is 12.3. The third-order valence-electron chi connectivity index (χ3n) is 4.86. The molecule has 1 fully saturated rings. The Morgan fingerprint density at radius 3 is 2.50 bits per heavy atom. The van der Waals surface area contributed by atoms with Crippen LogP contribution in [0.1, 0.15) is 11.1 Å². The van der Waals surface area contributed by atoms with Crippen LogP contribution >= 0.6 is 23.2 Å². The topological polar surface area (TPSA) is 75.7 Å². The molecule has 1 aliphatic heterocycles. The molecule has 0 aliphatic carbocycles. The fourth-order valence-electron chi connectivity index (χ4n) is 3.27. The van der Waals surface area contributed by atoms with E-state index in [4.69, 9.17) is 27.9 Å². The first-order chi connectivity index (χ1) is 14.2. The van der Waals surface area contributed by atoms with Crippen molar-refractivity contribution < 1.29 is 17.9 Å². The summed E-state index contributed by atoms with van der Waals surface area (Å²) < 4.78 is 28.8. The van der Waals surface area contributed by atoms with Gasteiger partial charge in [-0.05, 0) is 35.4 Å². The summed E-state index contributed by atoms with van der Waals surface area (Å²) in [5, 5.41) is 3.97. The van der Waals surface area contributed by atoms with E-state index < -0.39 is 9.84 Å². The number of hydrogen-bond donors (Lipinski definition) is 1.